The predicted octanol–water partition coefficient (Wildman–Crippen LogP) is 3.47. The molecule has 2 aromatic rings. The molecule has 0 aliphatic carbocycles. The second-order valence-corrected chi connectivity index (χ2v) is 5.50. The van der Waals surface area contributed by atoms with E-state index < -0.39 is 17.7 Å². The average Bonchev–Trinajstić information content (AvgIpc) is 2.70. The first-order chi connectivity index (χ1) is 9.85. The molecular weight excluding hydrogens is 296 g/mol. The van der Waals surface area contributed by atoms with Crippen LogP contribution in [-0.2, 0) is 19.9 Å². The number of benzene rings is 1. The Morgan fingerprint density at radius 1 is 1.33 bits per heavy atom. The number of aryl methyl sites for hydroxylation is 3. The van der Waals surface area contributed by atoms with E-state index in [2.05, 4.69) is 5.10 Å². The minimum Gasteiger partial charge on any atom is -0.324 e. The van der Waals surface area contributed by atoms with Crippen LogP contribution in [0.25, 0.3) is 0 Å². The standard InChI is InChI=1S/C15H18ClF2N3/c1-4-13-15(16)14(21(3)20-13)7-12(19)9-5-8(2)10(17)6-11(9)18/h5-6,12H,4,7,19H2,1-3H3. The summed E-state index contributed by atoms with van der Waals surface area (Å²) in [5, 5.41) is 4.87. The van der Waals surface area contributed by atoms with Crippen LogP contribution < -0.4 is 5.73 Å². The Balaban J connectivity index is 2.32. The monoisotopic (exact) mass is 313 g/mol. The van der Waals surface area contributed by atoms with Crippen molar-refractivity contribution in [3.63, 3.8) is 0 Å². The van der Waals surface area contributed by atoms with Gasteiger partial charge >= 0.3 is 0 Å². The Hall–Kier alpha value is -1.46. The molecule has 21 heavy (non-hydrogen) atoms. The number of aromatic nitrogens is 2. The van der Waals surface area contributed by atoms with Crippen molar-refractivity contribution in [2.24, 2.45) is 12.8 Å². The molecule has 0 fully saturated rings. The zero-order valence-corrected chi connectivity index (χ0v) is 13.0. The molecule has 1 unspecified atom stereocenters. The number of nitrogens with zero attached hydrogens (tertiary/aromatic N) is 2. The summed E-state index contributed by atoms with van der Waals surface area (Å²) in [6, 6.07) is 1.70. The van der Waals surface area contributed by atoms with Gasteiger partial charge in [0, 0.05) is 31.1 Å². The van der Waals surface area contributed by atoms with Gasteiger partial charge in [0.1, 0.15) is 11.6 Å². The highest BCUT2D eigenvalue weighted by Crippen LogP contribution is 2.27. The first kappa shape index (κ1) is 15.9. The summed E-state index contributed by atoms with van der Waals surface area (Å²) < 4.78 is 28.9. The van der Waals surface area contributed by atoms with Crippen molar-refractivity contribution in [1.82, 2.24) is 9.78 Å². The Morgan fingerprint density at radius 3 is 2.57 bits per heavy atom. The van der Waals surface area contributed by atoms with Crippen LogP contribution in [0.15, 0.2) is 12.1 Å². The maximum atomic E-state index is 13.9. The zero-order chi connectivity index (χ0) is 15.7. The lowest BCUT2D eigenvalue weighted by atomic mass is 9.99. The van der Waals surface area contributed by atoms with Crippen LogP contribution in [0.4, 0.5) is 8.78 Å². The van der Waals surface area contributed by atoms with Crippen LogP contribution in [0.3, 0.4) is 0 Å². The van der Waals surface area contributed by atoms with Crippen molar-refractivity contribution in [2.75, 3.05) is 0 Å². The molecule has 1 aromatic heterocycles. The van der Waals surface area contributed by atoms with E-state index in [4.69, 9.17) is 17.3 Å². The Labute approximate surface area is 127 Å². The van der Waals surface area contributed by atoms with E-state index >= 15 is 0 Å². The summed E-state index contributed by atoms with van der Waals surface area (Å²) in [7, 11) is 1.78. The van der Waals surface area contributed by atoms with Crippen molar-refractivity contribution in [3.8, 4) is 0 Å². The van der Waals surface area contributed by atoms with Gasteiger partial charge in [-0.15, -0.1) is 0 Å². The largest absolute Gasteiger partial charge is 0.324 e. The van der Waals surface area contributed by atoms with Crippen molar-refractivity contribution >= 4 is 11.6 Å². The third-order valence-electron chi connectivity index (χ3n) is 3.59. The summed E-state index contributed by atoms with van der Waals surface area (Å²) in [5.74, 6) is -1.21. The van der Waals surface area contributed by atoms with E-state index in [0.29, 0.717) is 23.4 Å². The summed E-state index contributed by atoms with van der Waals surface area (Å²) in [6.07, 6.45) is 1.05. The molecule has 0 aliphatic rings. The molecule has 1 heterocycles. The fourth-order valence-electron chi connectivity index (χ4n) is 2.32. The first-order valence-corrected chi connectivity index (χ1v) is 7.14. The lowest BCUT2D eigenvalue weighted by Gasteiger charge is -2.14. The van der Waals surface area contributed by atoms with Gasteiger partial charge in [0.2, 0.25) is 0 Å². The minimum absolute atomic E-state index is 0.282. The molecule has 0 bridgehead atoms. The Morgan fingerprint density at radius 2 is 2.00 bits per heavy atom. The van der Waals surface area contributed by atoms with Gasteiger partial charge in [-0.05, 0) is 25.0 Å². The molecule has 1 atom stereocenters. The maximum Gasteiger partial charge on any atom is 0.130 e. The van der Waals surface area contributed by atoms with Crippen LogP contribution in [-0.4, -0.2) is 9.78 Å². The molecule has 0 radical (unpaired) electrons. The van der Waals surface area contributed by atoms with E-state index in [9.17, 15) is 8.78 Å². The maximum absolute atomic E-state index is 13.9. The lowest BCUT2D eigenvalue weighted by molar-refractivity contribution is 0.544. The fourth-order valence-corrected chi connectivity index (χ4v) is 2.69. The highest BCUT2D eigenvalue weighted by atomic mass is 35.5. The summed E-state index contributed by atoms with van der Waals surface area (Å²) in [6.45, 7) is 3.54. The van der Waals surface area contributed by atoms with Gasteiger partial charge in [0.15, 0.2) is 0 Å². The van der Waals surface area contributed by atoms with Gasteiger partial charge in [-0.2, -0.15) is 5.10 Å². The van der Waals surface area contributed by atoms with Gasteiger partial charge in [-0.3, -0.25) is 4.68 Å². The third kappa shape index (κ3) is 3.09. The average molecular weight is 314 g/mol. The highest BCUT2D eigenvalue weighted by molar-refractivity contribution is 6.31. The smallest absolute Gasteiger partial charge is 0.130 e. The Kier molecular flexibility index (Phi) is 4.64. The van der Waals surface area contributed by atoms with E-state index in [0.717, 1.165) is 17.5 Å². The van der Waals surface area contributed by atoms with Gasteiger partial charge < -0.3 is 5.73 Å². The van der Waals surface area contributed by atoms with Crippen molar-refractivity contribution in [1.29, 1.82) is 0 Å². The summed E-state index contributed by atoms with van der Waals surface area (Å²) in [4.78, 5) is 0. The molecule has 0 saturated heterocycles. The lowest BCUT2D eigenvalue weighted by Crippen LogP contribution is -2.17. The topological polar surface area (TPSA) is 43.8 Å². The number of nitrogens with two attached hydrogens (primary N) is 1. The van der Waals surface area contributed by atoms with Gasteiger partial charge in [-0.1, -0.05) is 18.5 Å². The normalized spacial score (nSPS) is 12.7. The van der Waals surface area contributed by atoms with Crippen molar-refractivity contribution in [3.05, 3.63) is 51.3 Å². The summed E-state index contributed by atoms with van der Waals surface area (Å²) >= 11 is 6.26. The molecule has 0 spiro atoms. The van der Waals surface area contributed by atoms with Crippen LogP contribution in [0, 0.1) is 18.6 Å². The van der Waals surface area contributed by atoms with Crippen LogP contribution in [0.2, 0.25) is 5.02 Å². The number of hydrogen-bond acceptors (Lipinski definition) is 2. The zero-order valence-electron chi connectivity index (χ0n) is 12.3. The molecule has 114 valence electrons. The van der Waals surface area contributed by atoms with Gasteiger partial charge in [0.05, 0.1) is 16.4 Å². The van der Waals surface area contributed by atoms with E-state index in [1.807, 2.05) is 6.92 Å². The minimum atomic E-state index is -0.639. The molecule has 6 heteroatoms. The Bertz CT molecular complexity index is 667. The quantitative estimate of drug-likeness (QED) is 0.939. The van der Waals surface area contributed by atoms with E-state index in [-0.39, 0.29) is 5.56 Å². The molecule has 0 aliphatic heterocycles. The molecule has 0 saturated carbocycles. The van der Waals surface area contributed by atoms with Crippen LogP contribution in [0.1, 0.15) is 35.5 Å². The number of hydrogen-bond donors (Lipinski definition) is 1. The first-order valence-electron chi connectivity index (χ1n) is 6.76. The molecular formula is C15H18ClF2N3. The summed E-state index contributed by atoms with van der Waals surface area (Å²) in [5.41, 5.74) is 8.26. The fraction of sp³-hybridized carbons (Fsp3) is 0.400. The molecule has 2 N–H and O–H groups in total. The second kappa shape index (κ2) is 6.12. The molecule has 2 rings (SSSR count). The number of rotatable bonds is 4. The van der Waals surface area contributed by atoms with Crippen molar-refractivity contribution in [2.45, 2.75) is 32.7 Å². The van der Waals surface area contributed by atoms with Crippen molar-refractivity contribution < 1.29 is 8.78 Å². The molecule has 3 nitrogen and oxygen atoms in total. The van der Waals surface area contributed by atoms with Gasteiger partial charge in [-0.25, -0.2) is 8.78 Å². The van der Waals surface area contributed by atoms with E-state index in [1.54, 1.807) is 18.7 Å². The second-order valence-electron chi connectivity index (χ2n) is 5.12. The number of halogens is 3. The SMILES string of the molecule is CCc1nn(C)c(CC(N)c2cc(C)c(F)cc2F)c1Cl. The van der Waals surface area contributed by atoms with Crippen LogP contribution >= 0.6 is 11.6 Å². The molecule has 1 aromatic carbocycles. The van der Waals surface area contributed by atoms with Gasteiger partial charge in [0.25, 0.3) is 0 Å². The highest BCUT2D eigenvalue weighted by Gasteiger charge is 2.20. The predicted molar refractivity (Wildman–Crippen MR) is 79.3 cm³/mol. The van der Waals surface area contributed by atoms with Crippen LogP contribution in [0.5, 0.6) is 0 Å². The van der Waals surface area contributed by atoms with E-state index in [1.165, 1.54) is 6.07 Å². The third-order valence-corrected chi connectivity index (χ3v) is 4.03. The molecule has 0 amide bonds.